The number of benzene rings is 1. The van der Waals surface area contributed by atoms with Crippen molar-refractivity contribution in [3.05, 3.63) is 59.4 Å². The molecule has 0 bridgehead atoms. The van der Waals surface area contributed by atoms with Crippen molar-refractivity contribution in [3.8, 4) is 0 Å². The van der Waals surface area contributed by atoms with Gasteiger partial charge in [0.25, 0.3) is 0 Å². The fraction of sp³-hybridized carbons (Fsp3) is 0.0833. The predicted molar refractivity (Wildman–Crippen MR) is 55.4 cm³/mol. The van der Waals surface area contributed by atoms with E-state index >= 15 is 0 Å². The average Bonchev–Trinajstić information content (AvgIpc) is 2.70. The smallest absolute Gasteiger partial charge is 0.209 e. The summed E-state index contributed by atoms with van der Waals surface area (Å²) in [7, 11) is 0. The molecule has 1 heterocycles. The second-order valence-electron chi connectivity index (χ2n) is 3.23. The molecule has 1 N–H and O–H groups in total. The maximum absolute atomic E-state index is 11.9. The zero-order valence-electron chi connectivity index (χ0n) is 7.95. The Hall–Kier alpha value is -1.83. The van der Waals surface area contributed by atoms with Crippen molar-refractivity contribution in [3.63, 3.8) is 0 Å². The van der Waals surface area contributed by atoms with Gasteiger partial charge in [-0.15, -0.1) is 0 Å². The minimum Gasteiger partial charge on any atom is -0.359 e. The number of nitrogens with one attached hydrogen (secondary N) is 1. The van der Waals surface area contributed by atoms with E-state index in [1.807, 2.05) is 37.3 Å². The fourth-order valence-electron chi connectivity index (χ4n) is 1.44. The molecule has 2 nitrogen and oxygen atoms in total. The molecule has 0 aliphatic rings. The van der Waals surface area contributed by atoms with Crippen LogP contribution < -0.4 is 0 Å². The molecular weight excluding hydrogens is 174 g/mol. The summed E-state index contributed by atoms with van der Waals surface area (Å²) in [6.07, 6.45) is 1.76. The van der Waals surface area contributed by atoms with Crippen molar-refractivity contribution in [1.29, 1.82) is 0 Å². The van der Waals surface area contributed by atoms with Crippen LogP contribution in [0, 0.1) is 6.92 Å². The number of aromatic nitrogens is 1. The van der Waals surface area contributed by atoms with Crippen LogP contribution >= 0.6 is 0 Å². The largest absolute Gasteiger partial charge is 0.359 e. The first kappa shape index (κ1) is 8.75. The predicted octanol–water partition coefficient (Wildman–Crippen LogP) is 2.55. The standard InChI is InChI=1S/C12H11NO/c1-9-5-2-3-6-10(9)12(14)11-7-4-8-13-11/h2-8,13H,1H3. The van der Waals surface area contributed by atoms with Crippen LogP contribution in [0.25, 0.3) is 0 Å². The minimum absolute atomic E-state index is 0.0492. The van der Waals surface area contributed by atoms with Gasteiger partial charge < -0.3 is 4.98 Å². The topological polar surface area (TPSA) is 32.9 Å². The monoisotopic (exact) mass is 185 g/mol. The molecule has 0 saturated heterocycles. The average molecular weight is 185 g/mol. The van der Waals surface area contributed by atoms with E-state index in [1.165, 1.54) is 0 Å². The number of aromatic amines is 1. The van der Waals surface area contributed by atoms with Gasteiger partial charge in [-0.1, -0.05) is 24.3 Å². The molecule has 0 radical (unpaired) electrons. The van der Waals surface area contributed by atoms with Crippen LogP contribution in [0.3, 0.4) is 0 Å². The van der Waals surface area contributed by atoms with Crippen LogP contribution in [0.5, 0.6) is 0 Å². The molecule has 14 heavy (non-hydrogen) atoms. The molecule has 0 aliphatic heterocycles. The Morgan fingerprint density at radius 1 is 1.14 bits per heavy atom. The molecule has 0 atom stereocenters. The fourth-order valence-corrected chi connectivity index (χ4v) is 1.44. The molecule has 0 fully saturated rings. The summed E-state index contributed by atoms with van der Waals surface area (Å²) >= 11 is 0. The Morgan fingerprint density at radius 3 is 2.57 bits per heavy atom. The quantitative estimate of drug-likeness (QED) is 0.716. The first-order chi connectivity index (χ1) is 6.79. The number of ketones is 1. The Morgan fingerprint density at radius 2 is 1.93 bits per heavy atom. The van der Waals surface area contributed by atoms with Crippen molar-refractivity contribution in [2.45, 2.75) is 6.92 Å². The van der Waals surface area contributed by atoms with Crippen LogP contribution in [-0.4, -0.2) is 10.8 Å². The molecule has 0 spiro atoms. The van der Waals surface area contributed by atoms with E-state index in [0.717, 1.165) is 11.1 Å². The summed E-state index contributed by atoms with van der Waals surface area (Å²) in [5.74, 6) is 0.0492. The van der Waals surface area contributed by atoms with E-state index in [4.69, 9.17) is 0 Å². The Balaban J connectivity index is 2.42. The van der Waals surface area contributed by atoms with Gasteiger partial charge in [-0.05, 0) is 24.6 Å². The third-order valence-electron chi connectivity index (χ3n) is 2.23. The summed E-state index contributed by atoms with van der Waals surface area (Å²) in [4.78, 5) is 14.8. The SMILES string of the molecule is Cc1ccccc1C(=O)c1ccc[nH]1. The summed E-state index contributed by atoms with van der Waals surface area (Å²) in [6.45, 7) is 1.94. The highest BCUT2D eigenvalue weighted by Gasteiger charge is 2.10. The molecule has 70 valence electrons. The molecule has 1 aromatic heterocycles. The lowest BCUT2D eigenvalue weighted by Gasteiger charge is -2.01. The zero-order valence-corrected chi connectivity index (χ0v) is 7.95. The van der Waals surface area contributed by atoms with Gasteiger partial charge in [0.05, 0.1) is 5.69 Å². The van der Waals surface area contributed by atoms with Crippen LogP contribution in [-0.2, 0) is 0 Å². The number of hydrogen-bond donors (Lipinski definition) is 1. The maximum Gasteiger partial charge on any atom is 0.209 e. The van der Waals surface area contributed by atoms with Crippen LogP contribution in [0.2, 0.25) is 0 Å². The van der Waals surface area contributed by atoms with Crippen molar-refractivity contribution in [2.75, 3.05) is 0 Å². The number of carbonyl (C=O) groups excluding carboxylic acids is 1. The first-order valence-electron chi connectivity index (χ1n) is 4.53. The van der Waals surface area contributed by atoms with E-state index in [0.29, 0.717) is 5.69 Å². The van der Waals surface area contributed by atoms with Gasteiger partial charge in [0.15, 0.2) is 0 Å². The normalized spacial score (nSPS) is 10.1. The van der Waals surface area contributed by atoms with Crippen molar-refractivity contribution in [2.24, 2.45) is 0 Å². The second kappa shape index (κ2) is 3.50. The van der Waals surface area contributed by atoms with Crippen molar-refractivity contribution >= 4 is 5.78 Å². The molecule has 2 aromatic rings. The number of aryl methyl sites for hydroxylation is 1. The van der Waals surface area contributed by atoms with E-state index in [-0.39, 0.29) is 5.78 Å². The van der Waals surface area contributed by atoms with Crippen LogP contribution in [0.15, 0.2) is 42.6 Å². The highest BCUT2D eigenvalue weighted by Crippen LogP contribution is 2.11. The highest BCUT2D eigenvalue weighted by atomic mass is 16.1. The van der Waals surface area contributed by atoms with Crippen LogP contribution in [0.1, 0.15) is 21.6 Å². The van der Waals surface area contributed by atoms with Gasteiger partial charge in [-0.3, -0.25) is 4.79 Å². The van der Waals surface area contributed by atoms with Gasteiger partial charge in [-0.2, -0.15) is 0 Å². The van der Waals surface area contributed by atoms with E-state index in [2.05, 4.69) is 4.98 Å². The lowest BCUT2D eigenvalue weighted by atomic mass is 10.0. The number of hydrogen-bond acceptors (Lipinski definition) is 1. The summed E-state index contributed by atoms with van der Waals surface area (Å²) < 4.78 is 0. The Bertz CT molecular complexity index is 443. The second-order valence-corrected chi connectivity index (χ2v) is 3.23. The molecule has 0 saturated carbocycles. The lowest BCUT2D eigenvalue weighted by Crippen LogP contribution is -2.03. The number of H-pyrrole nitrogens is 1. The third-order valence-corrected chi connectivity index (χ3v) is 2.23. The van der Waals surface area contributed by atoms with Crippen molar-refractivity contribution in [1.82, 2.24) is 4.98 Å². The van der Waals surface area contributed by atoms with Gasteiger partial charge in [0.1, 0.15) is 0 Å². The Kier molecular flexibility index (Phi) is 2.19. The van der Waals surface area contributed by atoms with Gasteiger partial charge in [0.2, 0.25) is 5.78 Å². The molecule has 0 amide bonds. The van der Waals surface area contributed by atoms with E-state index < -0.39 is 0 Å². The Labute approximate surface area is 82.6 Å². The summed E-state index contributed by atoms with van der Waals surface area (Å²) in [6, 6.07) is 11.2. The maximum atomic E-state index is 11.9. The molecule has 2 rings (SSSR count). The molecule has 0 aliphatic carbocycles. The van der Waals surface area contributed by atoms with E-state index in [9.17, 15) is 4.79 Å². The van der Waals surface area contributed by atoms with Crippen molar-refractivity contribution < 1.29 is 4.79 Å². The zero-order chi connectivity index (χ0) is 9.97. The molecule has 1 aromatic carbocycles. The lowest BCUT2D eigenvalue weighted by molar-refractivity contribution is 0.103. The number of rotatable bonds is 2. The van der Waals surface area contributed by atoms with Crippen LogP contribution in [0.4, 0.5) is 0 Å². The third kappa shape index (κ3) is 1.46. The summed E-state index contributed by atoms with van der Waals surface area (Å²) in [5, 5.41) is 0. The van der Waals surface area contributed by atoms with Gasteiger partial charge in [-0.25, -0.2) is 0 Å². The van der Waals surface area contributed by atoms with Gasteiger partial charge in [0, 0.05) is 11.8 Å². The highest BCUT2D eigenvalue weighted by molar-refractivity contribution is 6.08. The molecule has 2 heteroatoms. The number of carbonyl (C=O) groups is 1. The van der Waals surface area contributed by atoms with E-state index in [1.54, 1.807) is 12.3 Å². The van der Waals surface area contributed by atoms with Gasteiger partial charge >= 0.3 is 0 Å². The molecular formula is C12H11NO. The summed E-state index contributed by atoms with van der Waals surface area (Å²) in [5.41, 5.74) is 2.40. The first-order valence-corrected chi connectivity index (χ1v) is 4.53. The minimum atomic E-state index is 0.0492. The molecule has 0 unspecified atom stereocenters.